The monoisotopic (exact) mass is 238 g/mol. The first-order chi connectivity index (χ1) is 8.08. The second kappa shape index (κ2) is 6.00. The van der Waals surface area contributed by atoms with E-state index in [0.717, 1.165) is 12.5 Å². The highest BCUT2D eigenvalue weighted by atomic mass is 16.6. The van der Waals surface area contributed by atoms with Gasteiger partial charge in [0.1, 0.15) is 0 Å². The fourth-order valence-corrected chi connectivity index (χ4v) is 1.22. The average molecular weight is 238 g/mol. The van der Waals surface area contributed by atoms with Gasteiger partial charge in [-0.05, 0) is 17.7 Å². The second-order valence-electron chi connectivity index (χ2n) is 3.36. The molecule has 0 amide bonds. The van der Waals surface area contributed by atoms with Gasteiger partial charge in [0.05, 0.1) is 13.7 Å². The molecule has 1 rings (SSSR count). The highest BCUT2D eigenvalue weighted by Crippen LogP contribution is 2.28. The van der Waals surface area contributed by atoms with E-state index >= 15 is 0 Å². The van der Waals surface area contributed by atoms with Crippen LogP contribution in [0, 0.1) is 0 Å². The Kier molecular flexibility index (Phi) is 4.66. The molecule has 1 aromatic rings. The Morgan fingerprint density at radius 2 is 1.88 bits per heavy atom. The molecule has 92 valence electrons. The summed E-state index contributed by atoms with van der Waals surface area (Å²) in [6.07, 6.45) is 0. The van der Waals surface area contributed by atoms with E-state index in [9.17, 15) is 9.59 Å². The van der Waals surface area contributed by atoms with Crippen molar-refractivity contribution >= 4 is 11.8 Å². The van der Waals surface area contributed by atoms with E-state index in [1.165, 1.54) is 7.11 Å². The lowest BCUT2D eigenvalue weighted by Crippen LogP contribution is -2.17. The number of ketones is 1. The lowest BCUT2D eigenvalue weighted by Gasteiger charge is -2.09. The van der Waals surface area contributed by atoms with Gasteiger partial charge in [0, 0.05) is 14.0 Å². The molecule has 17 heavy (non-hydrogen) atoms. The maximum atomic E-state index is 11.1. The molecule has 0 saturated heterocycles. The van der Waals surface area contributed by atoms with Crippen LogP contribution in [0.25, 0.3) is 0 Å². The Balaban J connectivity index is 2.92. The lowest BCUT2D eigenvalue weighted by atomic mass is 10.2. The van der Waals surface area contributed by atoms with Gasteiger partial charge < -0.3 is 14.2 Å². The zero-order valence-electron chi connectivity index (χ0n) is 9.98. The van der Waals surface area contributed by atoms with Crippen LogP contribution in [-0.4, -0.2) is 26.0 Å². The molecule has 0 aliphatic heterocycles. The van der Waals surface area contributed by atoms with Gasteiger partial charge >= 0.3 is 5.97 Å². The topological polar surface area (TPSA) is 61.8 Å². The van der Waals surface area contributed by atoms with Gasteiger partial charge in [0.25, 0.3) is 0 Å². The lowest BCUT2D eigenvalue weighted by molar-refractivity contribution is -0.146. The van der Waals surface area contributed by atoms with Gasteiger partial charge in [0.15, 0.2) is 11.5 Å². The van der Waals surface area contributed by atoms with Crippen molar-refractivity contribution in [2.24, 2.45) is 0 Å². The normalized spacial score (nSPS) is 9.82. The molecule has 5 nitrogen and oxygen atoms in total. The van der Waals surface area contributed by atoms with E-state index in [1.54, 1.807) is 25.3 Å². The fraction of sp³-hybridized carbons (Fsp3) is 0.333. The number of carbonyl (C=O) groups excluding carboxylic acids is 2. The van der Waals surface area contributed by atoms with Crippen molar-refractivity contribution < 1.29 is 23.8 Å². The number of hydrogen-bond acceptors (Lipinski definition) is 5. The van der Waals surface area contributed by atoms with E-state index in [2.05, 4.69) is 0 Å². The third kappa shape index (κ3) is 3.57. The molecule has 0 unspecified atom stereocenters. The molecule has 0 spiro atoms. The molecular weight excluding hydrogens is 224 g/mol. The zero-order valence-corrected chi connectivity index (χ0v) is 9.98. The first-order valence-electron chi connectivity index (χ1n) is 4.97. The standard InChI is InChI=1S/C12H14O5/c1-8(13)12(14)17-10-5-4-9(7-15-2)6-11(10)16-3/h4-6H,7H2,1-3H3. The summed E-state index contributed by atoms with van der Waals surface area (Å²) in [6, 6.07) is 4.98. The van der Waals surface area contributed by atoms with Crippen LogP contribution in [-0.2, 0) is 20.9 Å². The van der Waals surface area contributed by atoms with Crippen molar-refractivity contribution in [3.05, 3.63) is 23.8 Å². The van der Waals surface area contributed by atoms with Crippen LogP contribution in [0.5, 0.6) is 11.5 Å². The van der Waals surface area contributed by atoms with Gasteiger partial charge in [-0.2, -0.15) is 0 Å². The predicted molar refractivity (Wildman–Crippen MR) is 60.0 cm³/mol. The molecule has 0 aromatic heterocycles. The average Bonchev–Trinajstić information content (AvgIpc) is 2.31. The van der Waals surface area contributed by atoms with Crippen LogP contribution in [0.2, 0.25) is 0 Å². The number of hydrogen-bond donors (Lipinski definition) is 0. The molecular formula is C12H14O5. The van der Waals surface area contributed by atoms with Crippen molar-refractivity contribution in [3.8, 4) is 11.5 Å². The van der Waals surface area contributed by atoms with Crippen LogP contribution in [0.3, 0.4) is 0 Å². The quantitative estimate of drug-likeness (QED) is 0.440. The van der Waals surface area contributed by atoms with Crippen LogP contribution >= 0.6 is 0 Å². The first kappa shape index (κ1) is 13.2. The molecule has 0 atom stereocenters. The molecule has 0 fully saturated rings. The van der Waals surface area contributed by atoms with Crippen molar-refractivity contribution in [2.75, 3.05) is 14.2 Å². The Labute approximate surface area is 99.3 Å². The number of esters is 1. The van der Waals surface area contributed by atoms with E-state index in [4.69, 9.17) is 14.2 Å². The molecule has 0 saturated carbocycles. The Morgan fingerprint density at radius 3 is 2.41 bits per heavy atom. The number of rotatable bonds is 5. The number of methoxy groups -OCH3 is 2. The molecule has 1 aromatic carbocycles. The number of Topliss-reactive ketones (excluding diaryl/α,β-unsaturated/α-hetero) is 1. The minimum absolute atomic E-state index is 0.215. The summed E-state index contributed by atoms with van der Waals surface area (Å²) in [7, 11) is 3.03. The molecule has 0 N–H and O–H groups in total. The minimum atomic E-state index is -0.914. The fourth-order valence-electron chi connectivity index (χ4n) is 1.22. The van der Waals surface area contributed by atoms with Crippen molar-refractivity contribution in [1.29, 1.82) is 0 Å². The van der Waals surface area contributed by atoms with Gasteiger partial charge in [0.2, 0.25) is 5.78 Å². The van der Waals surface area contributed by atoms with E-state index in [0.29, 0.717) is 12.4 Å². The molecule has 0 aliphatic carbocycles. The Morgan fingerprint density at radius 1 is 1.18 bits per heavy atom. The van der Waals surface area contributed by atoms with Crippen LogP contribution in [0.1, 0.15) is 12.5 Å². The van der Waals surface area contributed by atoms with E-state index < -0.39 is 11.8 Å². The predicted octanol–water partition coefficient (Wildman–Crippen LogP) is 1.34. The SMILES string of the molecule is COCc1ccc(OC(=O)C(C)=O)c(OC)c1. The van der Waals surface area contributed by atoms with Crippen LogP contribution < -0.4 is 9.47 Å². The van der Waals surface area contributed by atoms with Crippen molar-refractivity contribution in [3.63, 3.8) is 0 Å². The molecule has 5 heteroatoms. The summed E-state index contributed by atoms with van der Waals surface area (Å²) in [5.74, 6) is -0.975. The van der Waals surface area contributed by atoms with Gasteiger partial charge in [-0.3, -0.25) is 4.79 Å². The van der Waals surface area contributed by atoms with Crippen molar-refractivity contribution in [1.82, 2.24) is 0 Å². The van der Waals surface area contributed by atoms with Gasteiger partial charge in [-0.15, -0.1) is 0 Å². The summed E-state index contributed by atoms with van der Waals surface area (Å²) in [6.45, 7) is 1.57. The summed E-state index contributed by atoms with van der Waals surface area (Å²) in [4.78, 5) is 21.9. The summed E-state index contributed by atoms with van der Waals surface area (Å²) in [5, 5.41) is 0. The molecule has 0 heterocycles. The number of benzene rings is 1. The Bertz CT molecular complexity index is 425. The van der Waals surface area contributed by atoms with Crippen molar-refractivity contribution in [2.45, 2.75) is 13.5 Å². The third-order valence-corrected chi connectivity index (χ3v) is 2.03. The Hall–Kier alpha value is -1.88. The second-order valence-corrected chi connectivity index (χ2v) is 3.36. The highest BCUT2D eigenvalue weighted by molar-refractivity contribution is 6.33. The van der Waals surface area contributed by atoms with Gasteiger partial charge in [-0.25, -0.2) is 4.79 Å². The number of carbonyl (C=O) groups is 2. The smallest absolute Gasteiger partial charge is 0.379 e. The van der Waals surface area contributed by atoms with E-state index in [1.807, 2.05) is 0 Å². The summed E-state index contributed by atoms with van der Waals surface area (Å²) in [5.41, 5.74) is 0.881. The summed E-state index contributed by atoms with van der Waals surface area (Å²) < 4.78 is 14.9. The largest absolute Gasteiger partial charge is 0.493 e. The minimum Gasteiger partial charge on any atom is -0.493 e. The van der Waals surface area contributed by atoms with Crippen LogP contribution in [0.4, 0.5) is 0 Å². The zero-order chi connectivity index (χ0) is 12.8. The maximum absolute atomic E-state index is 11.1. The summed E-state index contributed by atoms with van der Waals surface area (Å²) >= 11 is 0. The number of ether oxygens (including phenoxy) is 3. The molecule has 0 aliphatic rings. The van der Waals surface area contributed by atoms with Crippen LogP contribution in [0.15, 0.2) is 18.2 Å². The van der Waals surface area contributed by atoms with Gasteiger partial charge in [-0.1, -0.05) is 6.07 Å². The maximum Gasteiger partial charge on any atom is 0.379 e. The third-order valence-electron chi connectivity index (χ3n) is 2.03. The first-order valence-corrected chi connectivity index (χ1v) is 4.97. The molecule has 0 radical (unpaired) electrons. The highest BCUT2D eigenvalue weighted by Gasteiger charge is 2.14. The van der Waals surface area contributed by atoms with E-state index in [-0.39, 0.29) is 5.75 Å². The molecule has 0 bridgehead atoms.